The zero-order valence-corrected chi connectivity index (χ0v) is 13.5. The number of hydrogen-bond acceptors (Lipinski definition) is 4. The van der Waals surface area contributed by atoms with E-state index in [1.165, 1.54) is 24.0 Å². The Hall–Kier alpha value is -1.39. The van der Waals surface area contributed by atoms with Crippen molar-refractivity contribution in [1.29, 1.82) is 0 Å². The van der Waals surface area contributed by atoms with Crippen molar-refractivity contribution in [2.45, 2.75) is 45.8 Å². The van der Waals surface area contributed by atoms with E-state index < -0.39 is 0 Å². The summed E-state index contributed by atoms with van der Waals surface area (Å²) in [5.74, 6) is 1.03. The Balaban J connectivity index is 1.71. The minimum Gasteiger partial charge on any atom is -0.487 e. The van der Waals surface area contributed by atoms with Crippen molar-refractivity contribution in [3.63, 3.8) is 0 Å². The third kappa shape index (κ3) is 3.27. The second-order valence-electron chi connectivity index (χ2n) is 5.52. The molecule has 1 aliphatic carbocycles. The lowest BCUT2D eigenvalue weighted by Crippen LogP contribution is -2.19. The molecule has 3 nitrogen and oxygen atoms in total. The average Bonchev–Trinajstić information content (AvgIpc) is 3.09. The van der Waals surface area contributed by atoms with Gasteiger partial charge in [0.1, 0.15) is 12.4 Å². The van der Waals surface area contributed by atoms with Gasteiger partial charge in [-0.05, 0) is 49.9 Å². The Bertz CT molecular complexity index is 609. The smallest absolute Gasteiger partial charge is 0.131 e. The van der Waals surface area contributed by atoms with Gasteiger partial charge in [-0.1, -0.05) is 19.1 Å². The van der Waals surface area contributed by atoms with E-state index in [1.807, 2.05) is 6.92 Å². The van der Waals surface area contributed by atoms with Crippen LogP contribution in [-0.2, 0) is 13.0 Å². The molecule has 0 aliphatic heterocycles. The summed E-state index contributed by atoms with van der Waals surface area (Å²) in [6, 6.07) is 6.91. The van der Waals surface area contributed by atoms with Gasteiger partial charge in [0.25, 0.3) is 0 Å². The fourth-order valence-corrected chi connectivity index (χ4v) is 3.51. The number of fused-ring (bicyclic) bond motifs is 1. The number of rotatable bonds is 6. The normalized spacial score (nSPS) is 17.0. The number of ether oxygens (including phenoxy) is 1. The summed E-state index contributed by atoms with van der Waals surface area (Å²) in [4.78, 5) is 4.46. The molecule has 4 heteroatoms. The lowest BCUT2D eigenvalue weighted by Gasteiger charge is -2.14. The Morgan fingerprint density at radius 2 is 2.33 bits per heavy atom. The molecule has 0 saturated heterocycles. The summed E-state index contributed by atoms with van der Waals surface area (Å²) in [7, 11) is 0. The maximum Gasteiger partial charge on any atom is 0.131 e. The number of aryl methyl sites for hydroxylation is 1. The second kappa shape index (κ2) is 6.58. The number of benzene rings is 1. The number of hydrogen-bond donors (Lipinski definition) is 1. The topological polar surface area (TPSA) is 34.1 Å². The summed E-state index contributed by atoms with van der Waals surface area (Å²) in [5, 5.41) is 6.79. The van der Waals surface area contributed by atoms with Crippen LogP contribution < -0.4 is 10.1 Å². The van der Waals surface area contributed by atoms with E-state index in [0.717, 1.165) is 29.4 Å². The first-order chi connectivity index (χ1) is 10.3. The summed E-state index contributed by atoms with van der Waals surface area (Å²) in [6.07, 6.45) is 3.44. The quantitative estimate of drug-likeness (QED) is 0.875. The Morgan fingerprint density at radius 1 is 1.43 bits per heavy atom. The summed E-state index contributed by atoms with van der Waals surface area (Å²) >= 11 is 1.67. The first kappa shape index (κ1) is 14.5. The molecule has 0 bridgehead atoms. The van der Waals surface area contributed by atoms with Crippen molar-refractivity contribution in [1.82, 2.24) is 10.3 Å². The highest BCUT2D eigenvalue weighted by Crippen LogP contribution is 2.37. The molecule has 1 N–H and O–H groups in total. The van der Waals surface area contributed by atoms with Crippen LogP contribution in [0.2, 0.25) is 0 Å². The van der Waals surface area contributed by atoms with Crippen molar-refractivity contribution < 1.29 is 4.74 Å². The van der Waals surface area contributed by atoms with E-state index in [9.17, 15) is 0 Å². The predicted octanol–water partition coefficient (Wildman–Crippen LogP) is 4.02. The van der Waals surface area contributed by atoms with Crippen LogP contribution in [0.4, 0.5) is 0 Å². The van der Waals surface area contributed by atoms with Crippen LogP contribution in [0.3, 0.4) is 0 Å². The molecular formula is C17H22N2OS. The number of nitrogens with one attached hydrogen (secondary N) is 1. The van der Waals surface area contributed by atoms with E-state index in [0.29, 0.717) is 12.6 Å². The minimum atomic E-state index is 0.491. The molecule has 21 heavy (non-hydrogen) atoms. The van der Waals surface area contributed by atoms with Gasteiger partial charge < -0.3 is 10.1 Å². The van der Waals surface area contributed by atoms with Crippen LogP contribution in [-0.4, -0.2) is 11.5 Å². The minimum absolute atomic E-state index is 0.491. The maximum absolute atomic E-state index is 6.02. The van der Waals surface area contributed by atoms with Crippen molar-refractivity contribution >= 4 is 11.3 Å². The molecule has 1 aliphatic rings. The van der Waals surface area contributed by atoms with E-state index in [4.69, 9.17) is 4.74 Å². The molecule has 1 aromatic carbocycles. The number of nitrogens with zero attached hydrogens (tertiary/aromatic N) is 1. The molecule has 0 radical (unpaired) electrons. The monoisotopic (exact) mass is 302 g/mol. The molecule has 0 amide bonds. The van der Waals surface area contributed by atoms with Crippen molar-refractivity contribution in [3.8, 4) is 5.75 Å². The second-order valence-corrected chi connectivity index (χ2v) is 6.58. The van der Waals surface area contributed by atoms with Gasteiger partial charge in [0.2, 0.25) is 0 Å². The van der Waals surface area contributed by atoms with Crippen molar-refractivity contribution in [2.24, 2.45) is 0 Å². The molecule has 0 saturated carbocycles. The third-order valence-corrected chi connectivity index (χ3v) is 4.73. The molecule has 1 heterocycles. The van der Waals surface area contributed by atoms with E-state index in [2.05, 4.69) is 40.8 Å². The Morgan fingerprint density at radius 3 is 3.10 bits per heavy atom. The lowest BCUT2D eigenvalue weighted by molar-refractivity contribution is 0.299. The van der Waals surface area contributed by atoms with Gasteiger partial charge in [-0.15, -0.1) is 11.3 Å². The van der Waals surface area contributed by atoms with E-state index in [-0.39, 0.29) is 0 Å². The Kier molecular flexibility index (Phi) is 4.56. The molecule has 3 rings (SSSR count). The van der Waals surface area contributed by atoms with Gasteiger partial charge in [0.15, 0.2) is 0 Å². The van der Waals surface area contributed by atoms with Crippen molar-refractivity contribution in [3.05, 3.63) is 45.4 Å². The standard InChI is InChI=1S/C17H22N2OS/c1-3-9-18-16-8-7-15-14(16)5-4-6-17(15)20-10-13-11-21-12(2)19-13/h4-6,11,16,18H,3,7-10H2,1-2H3. The van der Waals surface area contributed by atoms with Gasteiger partial charge in [-0.3, -0.25) is 0 Å². The first-order valence-electron chi connectivity index (χ1n) is 7.67. The van der Waals surface area contributed by atoms with Crippen LogP contribution >= 0.6 is 11.3 Å². The van der Waals surface area contributed by atoms with Crippen LogP contribution in [0.5, 0.6) is 5.75 Å². The highest BCUT2D eigenvalue weighted by molar-refractivity contribution is 7.09. The largest absolute Gasteiger partial charge is 0.487 e. The van der Waals surface area contributed by atoms with Gasteiger partial charge >= 0.3 is 0 Å². The van der Waals surface area contributed by atoms with Gasteiger partial charge in [-0.2, -0.15) is 0 Å². The SMILES string of the molecule is CCCNC1CCc2c(OCc3csc(C)n3)cccc21. The Labute approximate surface area is 130 Å². The van der Waals surface area contributed by atoms with E-state index in [1.54, 1.807) is 11.3 Å². The zero-order valence-electron chi connectivity index (χ0n) is 12.7. The van der Waals surface area contributed by atoms with E-state index >= 15 is 0 Å². The zero-order chi connectivity index (χ0) is 14.7. The van der Waals surface area contributed by atoms with Gasteiger partial charge in [0.05, 0.1) is 10.7 Å². The molecule has 1 unspecified atom stereocenters. The highest BCUT2D eigenvalue weighted by Gasteiger charge is 2.24. The fraction of sp³-hybridized carbons (Fsp3) is 0.471. The van der Waals surface area contributed by atoms with Gasteiger partial charge in [0, 0.05) is 11.4 Å². The molecule has 1 aromatic heterocycles. The molecule has 1 atom stereocenters. The van der Waals surface area contributed by atoms with Crippen LogP contribution in [0, 0.1) is 6.92 Å². The lowest BCUT2D eigenvalue weighted by atomic mass is 10.1. The molecular weight excluding hydrogens is 280 g/mol. The third-order valence-electron chi connectivity index (χ3n) is 3.91. The maximum atomic E-state index is 6.02. The molecule has 112 valence electrons. The van der Waals surface area contributed by atoms with Crippen LogP contribution in [0.1, 0.15) is 47.6 Å². The average molecular weight is 302 g/mol. The fourth-order valence-electron chi connectivity index (χ4n) is 2.91. The number of aromatic nitrogens is 1. The molecule has 2 aromatic rings. The number of thiazole rings is 1. The van der Waals surface area contributed by atoms with Crippen molar-refractivity contribution in [2.75, 3.05) is 6.54 Å². The highest BCUT2D eigenvalue weighted by atomic mass is 32.1. The summed E-state index contributed by atoms with van der Waals surface area (Å²) < 4.78 is 6.02. The predicted molar refractivity (Wildman–Crippen MR) is 87.0 cm³/mol. The molecule has 0 fully saturated rings. The van der Waals surface area contributed by atoms with Gasteiger partial charge in [-0.25, -0.2) is 4.98 Å². The first-order valence-corrected chi connectivity index (χ1v) is 8.55. The van der Waals surface area contributed by atoms with Crippen LogP contribution in [0.15, 0.2) is 23.6 Å². The summed E-state index contributed by atoms with van der Waals surface area (Å²) in [6.45, 7) is 5.87. The molecule has 0 spiro atoms. The summed E-state index contributed by atoms with van der Waals surface area (Å²) in [5.41, 5.74) is 3.81. The van der Waals surface area contributed by atoms with Crippen LogP contribution in [0.25, 0.3) is 0 Å².